The van der Waals surface area contributed by atoms with E-state index in [9.17, 15) is 9.59 Å². The molecule has 0 aliphatic rings. The fourth-order valence-corrected chi connectivity index (χ4v) is 1.46. The van der Waals surface area contributed by atoms with Gasteiger partial charge in [-0.15, -0.1) is 0 Å². The molecule has 0 saturated heterocycles. The summed E-state index contributed by atoms with van der Waals surface area (Å²) in [4.78, 5) is 24.3. The normalized spacial score (nSPS) is 11.5. The van der Waals surface area contributed by atoms with Gasteiger partial charge in [0.15, 0.2) is 0 Å². The van der Waals surface area contributed by atoms with Crippen LogP contribution in [-0.2, 0) is 20.9 Å². The lowest BCUT2D eigenvalue weighted by Gasteiger charge is -2.23. The molecular weight excluding hydrogens is 246 g/mol. The van der Waals surface area contributed by atoms with E-state index in [4.69, 9.17) is 4.74 Å². The average Bonchev–Trinajstić information content (AvgIpc) is 2.44. The molecule has 0 aromatic heterocycles. The fourth-order valence-electron chi connectivity index (χ4n) is 1.46. The van der Waals surface area contributed by atoms with Gasteiger partial charge in [0.25, 0.3) is 0 Å². The van der Waals surface area contributed by atoms with E-state index in [1.807, 2.05) is 30.3 Å². The van der Waals surface area contributed by atoms with Crippen LogP contribution in [0.15, 0.2) is 30.3 Å². The van der Waals surface area contributed by atoms with Gasteiger partial charge < -0.3 is 14.4 Å². The lowest BCUT2D eigenvalue weighted by Crippen LogP contribution is -2.37. The van der Waals surface area contributed by atoms with Crippen LogP contribution in [0.2, 0.25) is 0 Å². The number of ether oxygens (including phenoxy) is 2. The number of methoxy groups -OCH3 is 1. The van der Waals surface area contributed by atoms with Crippen molar-refractivity contribution in [2.75, 3.05) is 14.2 Å². The van der Waals surface area contributed by atoms with Crippen molar-refractivity contribution in [3.8, 4) is 0 Å². The topological polar surface area (TPSA) is 55.8 Å². The Balaban J connectivity index is 2.42. The van der Waals surface area contributed by atoms with Crippen molar-refractivity contribution in [1.29, 1.82) is 0 Å². The minimum Gasteiger partial charge on any atom is -0.469 e. The largest absolute Gasteiger partial charge is 0.469 e. The summed E-state index contributed by atoms with van der Waals surface area (Å²) >= 11 is 0. The Bertz CT molecular complexity index is 419. The minimum absolute atomic E-state index is 0.146. The van der Waals surface area contributed by atoms with Gasteiger partial charge in [0.2, 0.25) is 0 Å². The summed E-state index contributed by atoms with van der Waals surface area (Å²) in [6, 6.07) is 9.15. The fraction of sp³-hybridized carbons (Fsp3) is 0.429. The zero-order valence-electron chi connectivity index (χ0n) is 11.5. The number of carbonyl (C=O) groups is 2. The van der Waals surface area contributed by atoms with E-state index in [0.717, 1.165) is 5.56 Å². The molecule has 0 bridgehead atoms. The summed E-state index contributed by atoms with van der Waals surface area (Å²) in [6.45, 7) is 1.98. The lowest BCUT2D eigenvalue weighted by molar-refractivity contribution is -0.141. The molecule has 1 aromatic rings. The first kappa shape index (κ1) is 15.0. The first-order valence-electron chi connectivity index (χ1n) is 6.05. The second-order valence-corrected chi connectivity index (χ2v) is 4.28. The quantitative estimate of drug-likeness (QED) is 0.766. The third-order valence-electron chi connectivity index (χ3n) is 2.84. The monoisotopic (exact) mass is 265 g/mol. The van der Waals surface area contributed by atoms with Crippen LogP contribution in [0.4, 0.5) is 4.79 Å². The van der Waals surface area contributed by atoms with Gasteiger partial charge in [-0.3, -0.25) is 4.79 Å². The molecule has 5 nitrogen and oxygen atoms in total. The van der Waals surface area contributed by atoms with Gasteiger partial charge in [-0.1, -0.05) is 30.3 Å². The second-order valence-electron chi connectivity index (χ2n) is 4.28. The van der Waals surface area contributed by atoms with Crippen molar-refractivity contribution in [1.82, 2.24) is 4.90 Å². The van der Waals surface area contributed by atoms with E-state index in [1.54, 1.807) is 14.0 Å². The van der Waals surface area contributed by atoms with Gasteiger partial charge in [-0.25, -0.2) is 4.79 Å². The maximum absolute atomic E-state index is 11.8. The summed E-state index contributed by atoms with van der Waals surface area (Å²) in [5, 5.41) is 0. The molecule has 0 heterocycles. The summed E-state index contributed by atoms with van der Waals surface area (Å²) in [5.74, 6) is -0.352. The molecule has 0 spiro atoms. The van der Waals surface area contributed by atoms with Crippen LogP contribution >= 0.6 is 0 Å². The Morgan fingerprint density at radius 1 is 1.26 bits per heavy atom. The molecule has 0 radical (unpaired) electrons. The van der Waals surface area contributed by atoms with Gasteiger partial charge in [0.1, 0.15) is 6.61 Å². The first-order valence-corrected chi connectivity index (χ1v) is 6.05. The number of benzene rings is 1. The number of carbonyl (C=O) groups excluding carboxylic acids is 2. The highest BCUT2D eigenvalue weighted by atomic mass is 16.6. The lowest BCUT2D eigenvalue weighted by atomic mass is 10.2. The van der Waals surface area contributed by atoms with E-state index in [-0.39, 0.29) is 25.0 Å². The molecule has 0 unspecified atom stereocenters. The Kier molecular flexibility index (Phi) is 5.85. The van der Waals surface area contributed by atoms with E-state index >= 15 is 0 Å². The van der Waals surface area contributed by atoms with Crippen LogP contribution in [0.25, 0.3) is 0 Å². The van der Waals surface area contributed by atoms with Crippen LogP contribution in [0.3, 0.4) is 0 Å². The van der Waals surface area contributed by atoms with Crippen molar-refractivity contribution in [3.05, 3.63) is 35.9 Å². The number of nitrogens with zero attached hydrogens (tertiary/aromatic N) is 1. The second kappa shape index (κ2) is 7.41. The van der Waals surface area contributed by atoms with Crippen molar-refractivity contribution in [2.24, 2.45) is 0 Å². The molecule has 1 amide bonds. The average molecular weight is 265 g/mol. The summed E-state index contributed by atoms with van der Waals surface area (Å²) in [7, 11) is 2.92. The molecular formula is C14H19NO4. The number of hydrogen-bond acceptors (Lipinski definition) is 4. The Morgan fingerprint density at radius 3 is 2.47 bits per heavy atom. The summed E-state index contributed by atoms with van der Waals surface area (Å²) < 4.78 is 9.72. The molecule has 1 rings (SSSR count). The van der Waals surface area contributed by atoms with E-state index < -0.39 is 6.09 Å². The number of rotatable bonds is 5. The highest BCUT2D eigenvalue weighted by molar-refractivity contribution is 5.72. The molecule has 0 aliphatic heterocycles. The van der Waals surface area contributed by atoms with Crippen molar-refractivity contribution in [3.63, 3.8) is 0 Å². The van der Waals surface area contributed by atoms with Crippen LogP contribution in [0.5, 0.6) is 0 Å². The smallest absolute Gasteiger partial charge is 0.410 e. The van der Waals surface area contributed by atoms with Crippen molar-refractivity contribution < 1.29 is 19.1 Å². The molecule has 0 N–H and O–H groups in total. The van der Waals surface area contributed by atoms with Crippen LogP contribution < -0.4 is 0 Å². The molecule has 1 atom stereocenters. The zero-order valence-corrected chi connectivity index (χ0v) is 11.5. The standard InChI is InChI=1S/C14H19NO4/c1-11(9-13(16)18-3)15(2)14(17)19-10-12-7-5-4-6-8-12/h4-8,11H,9-10H2,1-3H3/t11-/m0/s1. The Morgan fingerprint density at radius 2 is 1.89 bits per heavy atom. The van der Waals surface area contributed by atoms with Crippen LogP contribution in [0.1, 0.15) is 18.9 Å². The summed E-state index contributed by atoms with van der Waals surface area (Å²) in [5.41, 5.74) is 0.921. The molecule has 0 aliphatic carbocycles. The van der Waals surface area contributed by atoms with E-state index in [2.05, 4.69) is 4.74 Å². The van der Waals surface area contributed by atoms with Gasteiger partial charge in [-0.05, 0) is 12.5 Å². The zero-order chi connectivity index (χ0) is 14.3. The van der Waals surface area contributed by atoms with Gasteiger partial charge in [0, 0.05) is 13.1 Å². The highest BCUT2D eigenvalue weighted by Crippen LogP contribution is 2.07. The molecule has 104 valence electrons. The van der Waals surface area contributed by atoms with Crippen molar-refractivity contribution >= 4 is 12.1 Å². The molecule has 1 aromatic carbocycles. The highest BCUT2D eigenvalue weighted by Gasteiger charge is 2.20. The van der Waals surface area contributed by atoms with Crippen molar-refractivity contribution in [2.45, 2.75) is 26.0 Å². The molecule has 0 fully saturated rings. The van der Waals surface area contributed by atoms with E-state index in [0.29, 0.717) is 0 Å². The third-order valence-corrected chi connectivity index (χ3v) is 2.84. The Hall–Kier alpha value is -2.04. The first-order chi connectivity index (χ1) is 9.04. The summed E-state index contributed by atoms with van der Waals surface area (Å²) in [6.07, 6.45) is -0.312. The maximum atomic E-state index is 11.8. The van der Waals surface area contributed by atoms with Crippen LogP contribution in [-0.4, -0.2) is 37.2 Å². The predicted molar refractivity (Wildman–Crippen MR) is 70.5 cm³/mol. The van der Waals surface area contributed by atoms with Gasteiger partial charge in [-0.2, -0.15) is 0 Å². The predicted octanol–water partition coefficient (Wildman–Crippen LogP) is 2.21. The number of hydrogen-bond donors (Lipinski definition) is 0. The minimum atomic E-state index is -0.458. The van der Waals surface area contributed by atoms with Gasteiger partial charge >= 0.3 is 12.1 Å². The molecule has 5 heteroatoms. The molecule has 19 heavy (non-hydrogen) atoms. The maximum Gasteiger partial charge on any atom is 0.410 e. The number of amides is 1. The number of esters is 1. The molecule has 0 saturated carbocycles. The van der Waals surface area contributed by atoms with Crippen LogP contribution in [0, 0.1) is 0 Å². The third kappa shape index (κ3) is 4.99. The Labute approximate surface area is 113 Å². The van der Waals surface area contributed by atoms with E-state index in [1.165, 1.54) is 12.0 Å². The SMILES string of the molecule is COC(=O)C[C@H](C)N(C)C(=O)OCc1ccccc1. The van der Waals surface area contributed by atoms with Gasteiger partial charge in [0.05, 0.1) is 13.5 Å².